The molecule has 0 N–H and O–H groups in total. The van der Waals surface area contributed by atoms with Crippen LogP contribution in [-0.4, -0.2) is 47.8 Å². The summed E-state index contributed by atoms with van der Waals surface area (Å²) in [6.07, 6.45) is 6.27. The smallest absolute Gasteiger partial charge is 0.224 e. The number of amides is 2. The summed E-state index contributed by atoms with van der Waals surface area (Å²) in [7, 11) is 0. The van der Waals surface area contributed by atoms with Crippen molar-refractivity contribution in [3.05, 3.63) is 35.4 Å². The van der Waals surface area contributed by atoms with Crippen molar-refractivity contribution in [1.29, 1.82) is 0 Å². The number of piperidine rings is 2. The van der Waals surface area contributed by atoms with Gasteiger partial charge in [0.05, 0.1) is 0 Å². The molecule has 0 bridgehead atoms. The molecule has 2 aliphatic heterocycles. The predicted octanol–water partition coefficient (Wildman–Crippen LogP) is 3.54. The SMILES string of the molecule is O=C1CCCCN1CCC(=O)N1CCCC(CCc2ccc(F)cc2F)C1. The number of hydrogen-bond donors (Lipinski definition) is 0. The quantitative estimate of drug-likeness (QED) is 0.760. The molecule has 0 spiro atoms. The third-order valence-electron chi connectivity index (χ3n) is 5.73. The van der Waals surface area contributed by atoms with Crippen LogP contribution in [0.5, 0.6) is 0 Å². The summed E-state index contributed by atoms with van der Waals surface area (Å²) in [5.41, 5.74) is 0.531. The lowest BCUT2D eigenvalue weighted by atomic mass is 9.91. The number of carbonyl (C=O) groups excluding carboxylic acids is 2. The van der Waals surface area contributed by atoms with Gasteiger partial charge in [-0.1, -0.05) is 6.07 Å². The van der Waals surface area contributed by atoms with Crippen LogP contribution in [0.1, 0.15) is 50.5 Å². The van der Waals surface area contributed by atoms with Crippen LogP contribution in [0.2, 0.25) is 0 Å². The van der Waals surface area contributed by atoms with E-state index in [9.17, 15) is 18.4 Å². The number of rotatable bonds is 6. The van der Waals surface area contributed by atoms with Gasteiger partial charge in [0.2, 0.25) is 11.8 Å². The Hall–Kier alpha value is -1.98. The van der Waals surface area contributed by atoms with Gasteiger partial charge >= 0.3 is 0 Å². The van der Waals surface area contributed by atoms with Gasteiger partial charge in [0.25, 0.3) is 0 Å². The second kappa shape index (κ2) is 9.29. The van der Waals surface area contributed by atoms with Gasteiger partial charge in [0.15, 0.2) is 0 Å². The van der Waals surface area contributed by atoms with Crippen LogP contribution in [0.3, 0.4) is 0 Å². The number of hydrogen-bond acceptors (Lipinski definition) is 2. The predicted molar refractivity (Wildman–Crippen MR) is 99.0 cm³/mol. The van der Waals surface area contributed by atoms with Crippen molar-refractivity contribution in [1.82, 2.24) is 9.80 Å². The second-order valence-corrected chi connectivity index (χ2v) is 7.71. The Bertz CT molecular complexity index is 680. The van der Waals surface area contributed by atoms with Crippen LogP contribution in [0.4, 0.5) is 8.78 Å². The molecule has 0 radical (unpaired) electrons. The highest BCUT2D eigenvalue weighted by molar-refractivity contribution is 5.79. The number of likely N-dealkylation sites (tertiary alicyclic amines) is 2. The minimum atomic E-state index is -0.558. The fraction of sp³-hybridized carbons (Fsp3) is 0.619. The van der Waals surface area contributed by atoms with Crippen LogP contribution in [0, 0.1) is 17.6 Å². The van der Waals surface area contributed by atoms with Crippen LogP contribution in [0.25, 0.3) is 0 Å². The number of carbonyl (C=O) groups is 2. The van der Waals surface area contributed by atoms with E-state index in [1.165, 1.54) is 12.1 Å². The summed E-state index contributed by atoms with van der Waals surface area (Å²) in [5.74, 6) is -0.454. The first-order valence-corrected chi connectivity index (χ1v) is 10.0. The van der Waals surface area contributed by atoms with E-state index in [-0.39, 0.29) is 11.8 Å². The third kappa shape index (κ3) is 5.50. The molecule has 27 heavy (non-hydrogen) atoms. The fourth-order valence-corrected chi connectivity index (χ4v) is 4.10. The minimum Gasteiger partial charge on any atom is -0.342 e. The van der Waals surface area contributed by atoms with Crippen LogP contribution in [0.15, 0.2) is 18.2 Å². The van der Waals surface area contributed by atoms with Gasteiger partial charge in [-0.05, 0) is 56.1 Å². The molecule has 1 atom stereocenters. The maximum absolute atomic E-state index is 13.8. The average molecular weight is 378 g/mol. The molecular formula is C21H28F2N2O2. The van der Waals surface area contributed by atoms with Crippen molar-refractivity contribution in [2.75, 3.05) is 26.2 Å². The number of halogens is 2. The lowest BCUT2D eigenvalue weighted by molar-refractivity contribution is -0.136. The Morgan fingerprint density at radius 1 is 1.15 bits per heavy atom. The first-order valence-electron chi connectivity index (χ1n) is 10.0. The molecule has 4 nitrogen and oxygen atoms in total. The fourth-order valence-electron chi connectivity index (χ4n) is 4.10. The molecule has 2 amide bonds. The Kier molecular flexibility index (Phi) is 6.80. The highest BCUT2D eigenvalue weighted by atomic mass is 19.1. The second-order valence-electron chi connectivity index (χ2n) is 7.71. The van der Waals surface area contributed by atoms with E-state index in [2.05, 4.69) is 0 Å². The van der Waals surface area contributed by atoms with Crippen molar-refractivity contribution in [3.63, 3.8) is 0 Å². The third-order valence-corrected chi connectivity index (χ3v) is 5.73. The lowest BCUT2D eigenvalue weighted by Gasteiger charge is -2.34. The Labute approximate surface area is 159 Å². The van der Waals surface area contributed by atoms with E-state index >= 15 is 0 Å². The molecule has 2 fully saturated rings. The van der Waals surface area contributed by atoms with E-state index in [4.69, 9.17) is 0 Å². The normalized spacial score (nSPS) is 20.8. The molecule has 2 saturated heterocycles. The van der Waals surface area contributed by atoms with Gasteiger partial charge in [-0.25, -0.2) is 8.78 Å². The molecule has 0 saturated carbocycles. The lowest BCUT2D eigenvalue weighted by Crippen LogP contribution is -2.43. The largest absolute Gasteiger partial charge is 0.342 e. The molecule has 2 aliphatic rings. The van der Waals surface area contributed by atoms with Crippen molar-refractivity contribution >= 4 is 11.8 Å². The Balaban J connectivity index is 1.45. The van der Waals surface area contributed by atoms with Crippen molar-refractivity contribution in [3.8, 4) is 0 Å². The van der Waals surface area contributed by atoms with Crippen molar-refractivity contribution < 1.29 is 18.4 Å². The van der Waals surface area contributed by atoms with Crippen molar-refractivity contribution in [2.24, 2.45) is 5.92 Å². The van der Waals surface area contributed by atoms with Crippen LogP contribution < -0.4 is 0 Å². The topological polar surface area (TPSA) is 40.6 Å². The van der Waals surface area contributed by atoms with E-state index in [1.807, 2.05) is 4.90 Å². The van der Waals surface area contributed by atoms with Crippen LogP contribution >= 0.6 is 0 Å². The molecule has 0 aromatic heterocycles. The summed E-state index contributed by atoms with van der Waals surface area (Å²) in [6.45, 7) is 2.72. The highest BCUT2D eigenvalue weighted by Crippen LogP contribution is 2.23. The van der Waals surface area contributed by atoms with Gasteiger partial charge in [0, 0.05) is 45.1 Å². The van der Waals surface area contributed by atoms with Gasteiger partial charge in [-0.15, -0.1) is 0 Å². The van der Waals surface area contributed by atoms with E-state index in [1.54, 1.807) is 4.90 Å². The van der Waals surface area contributed by atoms with Gasteiger partial charge in [0.1, 0.15) is 11.6 Å². The maximum atomic E-state index is 13.8. The Morgan fingerprint density at radius 2 is 2.00 bits per heavy atom. The summed E-state index contributed by atoms with van der Waals surface area (Å²) in [4.78, 5) is 28.1. The number of nitrogens with zero attached hydrogens (tertiary/aromatic N) is 2. The molecule has 1 aromatic rings. The first-order chi connectivity index (χ1) is 13.0. The minimum absolute atomic E-state index is 0.103. The molecule has 3 rings (SSSR count). The number of aryl methyl sites for hydroxylation is 1. The zero-order valence-corrected chi connectivity index (χ0v) is 15.8. The van der Waals surface area contributed by atoms with E-state index < -0.39 is 11.6 Å². The maximum Gasteiger partial charge on any atom is 0.224 e. The van der Waals surface area contributed by atoms with Gasteiger partial charge < -0.3 is 9.80 Å². The van der Waals surface area contributed by atoms with Crippen LogP contribution in [-0.2, 0) is 16.0 Å². The van der Waals surface area contributed by atoms with Gasteiger partial charge in [-0.3, -0.25) is 9.59 Å². The van der Waals surface area contributed by atoms with Gasteiger partial charge in [-0.2, -0.15) is 0 Å². The molecule has 1 aromatic carbocycles. The highest BCUT2D eigenvalue weighted by Gasteiger charge is 2.25. The zero-order valence-electron chi connectivity index (χ0n) is 15.8. The first kappa shape index (κ1) is 19.8. The summed E-state index contributed by atoms with van der Waals surface area (Å²) in [5, 5.41) is 0. The summed E-state index contributed by atoms with van der Waals surface area (Å²) >= 11 is 0. The summed E-state index contributed by atoms with van der Waals surface area (Å²) < 4.78 is 26.8. The molecule has 2 heterocycles. The van der Waals surface area contributed by atoms with E-state index in [0.717, 1.165) is 51.3 Å². The summed E-state index contributed by atoms with van der Waals surface area (Å²) in [6, 6.07) is 3.72. The molecular weight excluding hydrogens is 350 g/mol. The average Bonchev–Trinajstić information content (AvgIpc) is 2.67. The monoisotopic (exact) mass is 378 g/mol. The molecule has 1 unspecified atom stereocenters. The van der Waals surface area contributed by atoms with Crippen molar-refractivity contribution in [2.45, 2.75) is 51.4 Å². The van der Waals surface area contributed by atoms with E-state index in [0.29, 0.717) is 43.8 Å². The standard InChI is InChI=1S/C21H28F2N2O2/c22-18-9-8-17(19(23)14-18)7-6-16-4-3-12-25(15-16)21(27)10-13-24-11-2-1-5-20(24)26/h8-9,14,16H,1-7,10-13,15H2. The Morgan fingerprint density at radius 3 is 2.78 bits per heavy atom. The molecule has 148 valence electrons. The number of benzene rings is 1. The molecule has 0 aliphatic carbocycles. The zero-order chi connectivity index (χ0) is 19.2. The molecule has 6 heteroatoms.